The number of nitrogens with one attached hydrogen (secondary N) is 1. The predicted molar refractivity (Wildman–Crippen MR) is 45.4 cm³/mol. The van der Waals surface area contributed by atoms with Gasteiger partial charge in [0.25, 0.3) is 0 Å². The van der Waals surface area contributed by atoms with Gasteiger partial charge in [-0.05, 0) is 38.9 Å². The molecule has 1 heterocycles. The Balaban J connectivity index is 2.38. The third kappa shape index (κ3) is 2.46. The van der Waals surface area contributed by atoms with Crippen LogP contribution in [0.1, 0.15) is 19.8 Å². The second-order valence-corrected chi connectivity index (χ2v) is 2.93. The van der Waals surface area contributed by atoms with E-state index in [9.17, 15) is 4.79 Å². The van der Waals surface area contributed by atoms with E-state index in [2.05, 4.69) is 5.32 Å². The van der Waals surface area contributed by atoms with Gasteiger partial charge in [0.2, 0.25) is 0 Å². The number of rotatable bonds is 2. The molecular formula is C9H15NO. The van der Waals surface area contributed by atoms with Crippen LogP contribution in [0.5, 0.6) is 0 Å². The lowest BCUT2D eigenvalue weighted by Gasteiger charge is -2.19. The summed E-state index contributed by atoms with van der Waals surface area (Å²) >= 11 is 0. The normalized spacial score (nSPS) is 20.8. The Morgan fingerprint density at radius 2 is 2.09 bits per heavy atom. The zero-order valence-corrected chi connectivity index (χ0v) is 6.97. The van der Waals surface area contributed by atoms with Gasteiger partial charge in [-0.15, -0.1) is 0 Å². The van der Waals surface area contributed by atoms with E-state index in [-0.39, 0.29) is 5.92 Å². The van der Waals surface area contributed by atoms with Gasteiger partial charge in [0.05, 0.1) is 0 Å². The molecule has 62 valence electrons. The number of piperidine rings is 1. The maximum Gasteiger partial charge on any atom is 0.158 e. The van der Waals surface area contributed by atoms with Crippen LogP contribution in [0.3, 0.4) is 0 Å². The van der Waals surface area contributed by atoms with Crippen molar-refractivity contribution in [1.82, 2.24) is 5.32 Å². The van der Waals surface area contributed by atoms with E-state index in [0.29, 0.717) is 5.78 Å². The fraction of sp³-hybridized carbons (Fsp3) is 0.667. The number of hydrogen-bond donors (Lipinski definition) is 1. The smallest absolute Gasteiger partial charge is 0.158 e. The topological polar surface area (TPSA) is 29.1 Å². The minimum atomic E-state index is 0.285. The maximum atomic E-state index is 11.3. The zero-order valence-electron chi connectivity index (χ0n) is 6.97. The highest BCUT2D eigenvalue weighted by molar-refractivity contribution is 5.91. The molecule has 2 heteroatoms. The van der Waals surface area contributed by atoms with Gasteiger partial charge in [0, 0.05) is 5.92 Å². The second-order valence-electron chi connectivity index (χ2n) is 2.93. The monoisotopic (exact) mass is 153 g/mol. The first-order valence-corrected chi connectivity index (χ1v) is 4.22. The number of ketones is 1. The highest BCUT2D eigenvalue weighted by Crippen LogP contribution is 2.12. The van der Waals surface area contributed by atoms with Gasteiger partial charge >= 0.3 is 0 Å². The fourth-order valence-corrected chi connectivity index (χ4v) is 1.41. The van der Waals surface area contributed by atoms with E-state index >= 15 is 0 Å². The first-order chi connectivity index (χ1) is 5.34. The molecule has 0 aliphatic carbocycles. The van der Waals surface area contributed by atoms with Crippen molar-refractivity contribution < 1.29 is 4.79 Å². The molecular weight excluding hydrogens is 138 g/mol. The summed E-state index contributed by atoms with van der Waals surface area (Å²) in [6.07, 6.45) is 5.52. The van der Waals surface area contributed by atoms with Gasteiger partial charge in [-0.3, -0.25) is 4.79 Å². The van der Waals surface area contributed by atoms with Gasteiger partial charge < -0.3 is 5.32 Å². The lowest BCUT2D eigenvalue weighted by molar-refractivity contribution is -0.118. The average Bonchev–Trinajstić information content (AvgIpc) is 2.07. The van der Waals surface area contributed by atoms with Crippen molar-refractivity contribution >= 4 is 5.78 Å². The summed E-state index contributed by atoms with van der Waals surface area (Å²) in [7, 11) is 0. The van der Waals surface area contributed by atoms with Crippen LogP contribution in [0.15, 0.2) is 12.2 Å². The van der Waals surface area contributed by atoms with Crippen molar-refractivity contribution in [2.45, 2.75) is 19.8 Å². The Morgan fingerprint density at radius 1 is 1.45 bits per heavy atom. The molecule has 0 aromatic rings. The van der Waals surface area contributed by atoms with Gasteiger partial charge in [-0.25, -0.2) is 0 Å². The minimum Gasteiger partial charge on any atom is -0.317 e. The molecule has 11 heavy (non-hydrogen) atoms. The molecule has 1 saturated heterocycles. The molecule has 0 spiro atoms. The van der Waals surface area contributed by atoms with Crippen molar-refractivity contribution in [3.8, 4) is 0 Å². The van der Waals surface area contributed by atoms with Gasteiger partial charge in [-0.2, -0.15) is 0 Å². The summed E-state index contributed by atoms with van der Waals surface area (Å²) in [5.74, 6) is 0.585. The van der Waals surface area contributed by atoms with Crippen molar-refractivity contribution in [3.05, 3.63) is 12.2 Å². The Bertz CT molecular complexity index is 157. The van der Waals surface area contributed by atoms with Crippen LogP contribution in [0.25, 0.3) is 0 Å². The Kier molecular flexibility index (Phi) is 3.30. The summed E-state index contributed by atoms with van der Waals surface area (Å²) in [5.41, 5.74) is 0. The number of allylic oxidation sites excluding steroid dienone is 2. The van der Waals surface area contributed by atoms with Crippen molar-refractivity contribution in [2.24, 2.45) is 5.92 Å². The summed E-state index contributed by atoms with van der Waals surface area (Å²) < 4.78 is 0. The van der Waals surface area contributed by atoms with E-state index < -0.39 is 0 Å². The molecule has 1 N–H and O–H groups in total. The second kappa shape index (κ2) is 4.29. The summed E-state index contributed by atoms with van der Waals surface area (Å²) in [6.45, 7) is 3.88. The van der Waals surface area contributed by atoms with E-state index in [1.165, 1.54) is 0 Å². The molecule has 1 rings (SSSR count). The lowest BCUT2D eigenvalue weighted by atomic mass is 9.93. The van der Waals surface area contributed by atoms with E-state index in [0.717, 1.165) is 25.9 Å². The van der Waals surface area contributed by atoms with Crippen LogP contribution >= 0.6 is 0 Å². The summed E-state index contributed by atoms with van der Waals surface area (Å²) in [5, 5.41) is 3.24. The van der Waals surface area contributed by atoms with Crippen molar-refractivity contribution in [1.29, 1.82) is 0 Å². The third-order valence-corrected chi connectivity index (χ3v) is 2.07. The first kappa shape index (κ1) is 8.47. The van der Waals surface area contributed by atoms with Crippen molar-refractivity contribution in [2.75, 3.05) is 13.1 Å². The third-order valence-electron chi connectivity index (χ3n) is 2.07. The molecule has 1 aliphatic rings. The first-order valence-electron chi connectivity index (χ1n) is 4.22. The molecule has 1 aliphatic heterocycles. The minimum absolute atomic E-state index is 0.285. The molecule has 0 unspecified atom stereocenters. The number of carbonyl (C=O) groups is 1. The summed E-state index contributed by atoms with van der Waals surface area (Å²) in [6, 6.07) is 0. The zero-order chi connectivity index (χ0) is 8.10. The van der Waals surface area contributed by atoms with Crippen LogP contribution in [-0.4, -0.2) is 18.9 Å². The van der Waals surface area contributed by atoms with E-state index in [4.69, 9.17) is 0 Å². The predicted octanol–water partition coefficient (Wildman–Crippen LogP) is 1.13. The molecule has 2 nitrogen and oxygen atoms in total. The maximum absolute atomic E-state index is 11.3. The summed E-state index contributed by atoms with van der Waals surface area (Å²) in [4.78, 5) is 11.3. The highest BCUT2D eigenvalue weighted by Gasteiger charge is 2.17. The quantitative estimate of drug-likeness (QED) is 0.602. The van der Waals surface area contributed by atoms with Gasteiger partial charge in [0.1, 0.15) is 0 Å². The Labute approximate surface area is 67.7 Å². The Morgan fingerprint density at radius 3 is 2.64 bits per heavy atom. The number of hydrogen-bond acceptors (Lipinski definition) is 2. The molecule has 0 saturated carbocycles. The fourth-order valence-electron chi connectivity index (χ4n) is 1.41. The molecule has 0 atom stereocenters. The molecule has 0 aromatic carbocycles. The highest BCUT2D eigenvalue weighted by atomic mass is 16.1. The van der Waals surface area contributed by atoms with Crippen LogP contribution in [0, 0.1) is 5.92 Å². The van der Waals surface area contributed by atoms with E-state index in [1.807, 2.05) is 13.0 Å². The molecule has 0 radical (unpaired) electrons. The number of carbonyl (C=O) groups excluding carboxylic acids is 1. The van der Waals surface area contributed by atoms with Crippen LogP contribution < -0.4 is 5.32 Å². The molecule has 0 amide bonds. The average molecular weight is 153 g/mol. The standard InChI is InChI=1S/C9H15NO/c1-2-3-9(11)8-4-6-10-7-5-8/h2-3,8,10H,4-7H2,1H3. The lowest BCUT2D eigenvalue weighted by Crippen LogP contribution is -2.31. The largest absolute Gasteiger partial charge is 0.317 e. The Hall–Kier alpha value is -0.630. The SMILES string of the molecule is CC=CC(=O)C1CCNCC1. The van der Waals surface area contributed by atoms with E-state index in [1.54, 1.807) is 6.08 Å². The molecule has 1 fully saturated rings. The van der Waals surface area contributed by atoms with Gasteiger partial charge in [-0.1, -0.05) is 6.08 Å². The van der Waals surface area contributed by atoms with Crippen LogP contribution in [-0.2, 0) is 4.79 Å². The molecule has 0 bridgehead atoms. The van der Waals surface area contributed by atoms with Gasteiger partial charge in [0.15, 0.2) is 5.78 Å². The van der Waals surface area contributed by atoms with Crippen LogP contribution in [0.4, 0.5) is 0 Å². The van der Waals surface area contributed by atoms with Crippen molar-refractivity contribution in [3.63, 3.8) is 0 Å². The van der Waals surface area contributed by atoms with Crippen LogP contribution in [0.2, 0.25) is 0 Å². The molecule has 0 aromatic heterocycles.